The second-order valence-electron chi connectivity index (χ2n) is 3.33. The van der Waals surface area contributed by atoms with E-state index >= 15 is 0 Å². The van der Waals surface area contributed by atoms with Crippen molar-refractivity contribution < 1.29 is 9.90 Å². The van der Waals surface area contributed by atoms with Crippen LogP contribution in [0, 0.1) is 5.92 Å². The fourth-order valence-corrected chi connectivity index (χ4v) is 1.23. The van der Waals surface area contributed by atoms with E-state index in [1.54, 1.807) is 0 Å². The van der Waals surface area contributed by atoms with Gasteiger partial charge in [-0.15, -0.1) is 0 Å². The van der Waals surface area contributed by atoms with Gasteiger partial charge in [-0.2, -0.15) is 0 Å². The van der Waals surface area contributed by atoms with E-state index in [0.29, 0.717) is 13.1 Å². The predicted octanol–water partition coefficient (Wildman–Crippen LogP) is -0.188. The minimum atomic E-state index is -0.279. The summed E-state index contributed by atoms with van der Waals surface area (Å²) in [6, 6.07) is 0. The van der Waals surface area contributed by atoms with E-state index in [2.05, 4.69) is 11.8 Å². The van der Waals surface area contributed by atoms with Crippen LogP contribution in [-0.2, 0) is 4.79 Å². The summed E-state index contributed by atoms with van der Waals surface area (Å²) >= 11 is 0. The molecule has 0 aromatic carbocycles. The van der Waals surface area contributed by atoms with Gasteiger partial charge in [0.15, 0.2) is 0 Å². The van der Waals surface area contributed by atoms with Gasteiger partial charge in [0.05, 0.1) is 6.61 Å². The van der Waals surface area contributed by atoms with Crippen molar-refractivity contribution in [3.05, 3.63) is 0 Å². The van der Waals surface area contributed by atoms with E-state index in [0.717, 1.165) is 13.0 Å². The summed E-state index contributed by atoms with van der Waals surface area (Å²) in [5.74, 6) is -0.419. The highest BCUT2D eigenvalue weighted by molar-refractivity contribution is 5.76. The molecule has 0 aromatic heterocycles. The van der Waals surface area contributed by atoms with Crippen LogP contribution < -0.4 is 5.73 Å². The third-order valence-electron chi connectivity index (χ3n) is 1.97. The lowest BCUT2D eigenvalue weighted by Gasteiger charge is -2.22. The number of aliphatic hydroxyl groups is 1. The van der Waals surface area contributed by atoms with Gasteiger partial charge < -0.3 is 15.7 Å². The number of nitrogens with zero attached hydrogens (tertiary/aromatic N) is 1. The lowest BCUT2D eigenvalue weighted by atomic mass is 10.1. The van der Waals surface area contributed by atoms with Crippen molar-refractivity contribution in [1.82, 2.24) is 4.90 Å². The largest absolute Gasteiger partial charge is 0.395 e. The van der Waals surface area contributed by atoms with Gasteiger partial charge in [0, 0.05) is 19.0 Å². The topological polar surface area (TPSA) is 66.6 Å². The summed E-state index contributed by atoms with van der Waals surface area (Å²) in [6.07, 6.45) is 1.02. The molecule has 4 heteroatoms. The molecule has 0 aliphatic rings. The second-order valence-corrected chi connectivity index (χ2v) is 3.33. The van der Waals surface area contributed by atoms with Crippen molar-refractivity contribution in [1.29, 1.82) is 0 Å². The lowest BCUT2D eigenvalue weighted by molar-refractivity contribution is -0.121. The molecule has 0 bridgehead atoms. The van der Waals surface area contributed by atoms with E-state index < -0.39 is 0 Å². The molecule has 0 saturated carbocycles. The maximum atomic E-state index is 10.8. The molecule has 0 heterocycles. The SMILES string of the molecule is CCCN(CCO)CC(C)C(N)=O. The van der Waals surface area contributed by atoms with Gasteiger partial charge >= 0.3 is 0 Å². The van der Waals surface area contributed by atoms with Gasteiger partial charge in [-0.3, -0.25) is 4.79 Å². The Balaban J connectivity index is 3.85. The number of carbonyl (C=O) groups is 1. The van der Waals surface area contributed by atoms with E-state index in [4.69, 9.17) is 10.8 Å². The first-order chi connectivity index (χ1) is 6.11. The average molecular weight is 188 g/mol. The molecule has 0 aromatic rings. The van der Waals surface area contributed by atoms with Crippen LogP contribution in [0.1, 0.15) is 20.3 Å². The van der Waals surface area contributed by atoms with Gasteiger partial charge in [0.1, 0.15) is 0 Å². The van der Waals surface area contributed by atoms with Gasteiger partial charge in [0.2, 0.25) is 5.91 Å². The first-order valence-corrected chi connectivity index (χ1v) is 4.74. The van der Waals surface area contributed by atoms with Crippen LogP contribution in [0.4, 0.5) is 0 Å². The Kier molecular flexibility index (Phi) is 6.54. The molecule has 0 spiro atoms. The molecule has 13 heavy (non-hydrogen) atoms. The molecular formula is C9H20N2O2. The number of hydrogen-bond donors (Lipinski definition) is 2. The summed E-state index contributed by atoms with van der Waals surface area (Å²) in [5.41, 5.74) is 5.15. The monoisotopic (exact) mass is 188 g/mol. The molecule has 1 atom stereocenters. The molecule has 0 fully saturated rings. The molecule has 3 N–H and O–H groups in total. The molecule has 0 saturated heterocycles. The van der Waals surface area contributed by atoms with Crippen LogP contribution in [0.2, 0.25) is 0 Å². The Morgan fingerprint density at radius 3 is 2.54 bits per heavy atom. The van der Waals surface area contributed by atoms with Gasteiger partial charge in [-0.1, -0.05) is 13.8 Å². The number of aliphatic hydroxyl groups excluding tert-OH is 1. The summed E-state index contributed by atoms with van der Waals surface area (Å²) in [4.78, 5) is 12.8. The van der Waals surface area contributed by atoms with E-state index in [1.807, 2.05) is 6.92 Å². The zero-order valence-corrected chi connectivity index (χ0v) is 8.49. The zero-order valence-electron chi connectivity index (χ0n) is 8.49. The molecule has 0 radical (unpaired) electrons. The van der Waals surface area contributed by atoms with E-state index in [-0.39, 0.29) is 18.4 Å². The quantitative estimate of drug-likeness (QED) is 0.582. The summed E-state index contributed by atoms with van der Waals surface area (Å²) < 4.78 is 0. The molecule has 1 amide bonds. The van der Waals surface area contributed by atoms with Crippen LogP contribution in [0.3, 0.4) is 0 Å². The molecule has 0 aliphatic heterocycles. The van der Waals surface area contributed by atoms with Crippen molar-refractivity contribution in [3.63, 3.8) is 0 Å². The van der Waals surface area contributed by atoms with E-state index in [9.17, 15) is 4.79 Å². The second kappa shape index (κ2) is 6.86. The van der Waals surface area contributed by atoms with Crippen molar-refractivity contribution in [2.75, 3.05) is 26.2 Å². The average Bonchev–Trinajstić information content (AvgIpc) is 2.05. The Hall–Kier alpha value is -0.610. The highest BCUT2D eigenvalue weighted by Crippen LogP contribution is 1.99. The fraction of sp³-hybridized carbons (Fsp3) is 0.889. The van der Waals surface area contributed by atoms with Crippen LogP contribution in [0.25, 0.3) is 0 Å². The van der Waals surface area contributed by atoms with Crippen molar-refractivity contribution >= 4 is 5.91 Å². The third kappa shape index (κ3) is 5.60. The maximum Gasteiger partial charge on any atom is 0.221 e. The smallest absolute Gasteiger partial charge is 0.221 e. The maximum absolute atomic E-state index is 10.8. The Morgan fingerprint density at radius 2 is 2.15 bits per heavy atom. The van der Waals surface area contributed by atoms with Crippen LogP contribution in [-0.4, -0.2) is 42.2 Å². The molecule has 1 unspecified atom stereocenters. The number of primary amides is 1. The molecule has 0 rings (SSSR count). The standard InChI is InChI=1S/C9H20N2O2/c1-3-4-11(5-6-12)7-8(2)9(10)13/h8,12H,3-7H2,1-2H3,(H2,10,13). The molecule has 78 valence electrons. The molecular weight excluding hydrogens is 168 g/mol. The third-order valence-corrected chi connectivity index (χ3v) is 1.97. The Labute approximate surface area is 79.7 Å². The number of carbonyl (C=O) groups excluding carboxylic acids is 1. The Bertz CT molecular complexity index is 145. The van der Waals surface area contributed by atoms with Gasteiger partial charge in [-0.05, 0) is 13.0 Å². The van der Waals surface area contributed by atoms with Crippen LogP contribution in [0.5, 0.6) is 0 Å². The van der Waals surface area contributed by atoms with Gasteiger partial charge in [0.25, 0.3) is 0 Å². The fourth-order valence-electron chi connectivity index (χ4n) is 1.23. The van der Waals surface area contributed by atoms with Crippen molar-refractivity contribution in [3.8, 4) is 0 Å². The highest BCUT2D eigenvalue weighted by Gasteiger charge is 2.13. The number of rotatable bonds is 7. The normalized spacial score (nSPS) is 13.2. The highest BCUT2D eigenvalue weighted by atomic mass is 16.3. The van der Waals surface area contributed by atoms with E-state index in [1.165, 1.54) is 0 Å². The first kappa shape index (κ1) is 12.4. The van der Waals surface area contributed by atoms with Crippen molar-refractivity contribution in [2.24, 2.45) is 11.7 Å². The van der Waals surface area contributed by atoms with Gasteiger partial charge in [-0.25, -0.2) is 0 Å². The van der Waals surface area contributed by atoms with Crippen LogP contribution >= 0.6 is 0 Å². The first-order valence-electron chi connectivity index (χ1n) is 4.74. The number of hydrogen-bond acceptors (Lipinski definition) is 3. The lowest BCUT2D eigenvalue weighted by Crippen LogP contribution is -2.36. The molecule has 4 nitrogen and oxygen atoms in total. The zero-order chi connectivity index (χ0) is 10.3. The minimum absolute atomic E-state index is 0.130. The molecule has 0 aliphatic carbocycles. The Morgan fingerprint density at radius 1 is 1.54 bits per heavy atom. The van der Waals surface area contributed by atoms with Crippen LogP contribution in [0.15, 0.2) is 0 Å². The summed E-state index contributed by atoms with van der Waals surface area (Å²) in [6.45, 7) is 6.17. The summed E-state index contributed by atoms with van der Waals surface area (Å²) in [7, 11) is 0. The minimum Gasteiger partial charge on any atom is -0.395 e. The predicted molar refractivity (Wildman–Crippen MR) is 52.2 cm³/mol. The van der Waals surface area contributed by atoms with Crippen molar-refractivity contribution in [2.45, 2.75) is 20.3 Å². The number of amides is 1. The summed E-state index contributed by atoms with van der Waals surface area (Å²) in [5, 5.41) is 8.76. The number of nitrogens with two attached hydrogens (primary N) is 1.